The number of amides is 1. The van der Waals surface area contributed by atoms with E-state index in [0.717, 1.165) is 13.0 Å². The molecule has 0 aromatic rings. The molecule has 15 heavy (non-hydrogen) atoms. The van der Waals surface area contributed by atoms with Gasteiger partial charge in [0.25, 0.3) is 0 Å². The van der Waals surface area contributed by atoms with Crippen LogP contribution in [-0.4, -0.2) is 41.9 Å². The normalized spacial score (nSPS) is 31.9. The maximum Gasteiger partial charge on any atom is 0.222 e. The van der Waals surface area contributed by atoms with Crippen LogP contribution in [0, 0.1) is 5.92 Å². The highest BCUT2D eigenvalue weighted by atomic mass is 16.6. The minimum Gasteiger partial charge on any atom is -0.362 e. The Morgan fingerprint density at radius 3 is 2.80 bits per heavy atom. The highest BCUT2D eigenvalue weighted by Gasteiger charge is 2.48. The van der Waals surface area contributed by atoms with Crippen molar-refractivity contribution in [2.24, 2.45) is 5.92 Å². The lowest BCUT2D eigenvalue weighted by molar-refractivity contribution is -0.131. The first kappa shape index (κ1) is 10.6. The first-order chi connectivity index (χ1) is 7.03. The number of hydrogen-bond donors (Lipinski definition) is 0. The summed E-state index contributed by atoms with van der Waals surface area (Å²) in [5, 5.41) is 0. The number of rotatable bonds is 4. The van der Waals surface area contributed by atoms with Crippen LogP contribution >= 0.6 is 0 Å². The lowest BCUT2D eigenvalue weighted by atomic mass is 9.95. The van der Waals surface area contributed by atoms with Crippen molar-refractivity contribution in [2.75, 3.05) is 19.7 Å². The highest BCUT2D eigenvalue weighted by molar-refractivity contribution is 5.91. The maximum absolute atomic E-state index is 11.9. The van der Waals surface area contributed by atoms with E-state index < -0.39 is 5.60 Å². The second-order valence-electron chi connectivity index (χ2n) is 4.73. The number of ether oxygens (including phenoxy) is 1. The molecule has 0 bridgehead atoms. The Hall–Kier alpha value is -0.900. The summed E-state index contributed by atoms with van der Waals surface area (Å²) >= 11 is 0. The molecular formula is C11H17NO3. The van der Waals surface area contributed by atoms with Crippen LogP contribution in [0.4, 0.5) is 0 Å². The Morgan fingerprint density at radius 2 is 2.33 bits per heavy atom. The molecule has 2 aliphatic rings. The smallest absolute Gasteiger partial charge is 0.222 e. The molecule has 4 nitrogen and oxygen atoms in total. The van der Waals surface area contributed by atoms with Crippen LogP contribution in [0.1, 0.15) is 26.7 Å². The van der Waals surface area contributed by atoms with Crippen molar-refractivity contribution in [3.8, 4) is 0 Å². The van der Waals surface area contributed by atoms with Gasteiger partial charge < -0.3 is 9.64 Å². The second kappa shape index (κ2) is 3.59. The Balaban J connectivity index is 1.88. The molecule has 4 heteroatoms. The van der Waals surface area contributed by atoms with Gasteiger partial charge in [0.2, 0.25) is 5.91 Å². The van der Waals surface area contributed by atoms with Crippen LogP contribution in [0.3, 0.4) is 0 Å². The summed E-state index contributed by atoms with van der Waals surface area (Å²) in [4.78, 5) is 25.0. The molecule has 0 unspecified atom stereocenters. The topological polar surface area (TPSA) is 49.9 Å². The SMILES string of the molecule is C[C@@H](CN1CCCC1=O)C(=O)[C@@]1(C)CO1. The number of likely N-dealkylation sites (tertiary alicyclic amines) is 1. The predicted octanol–water partition coefficient (Wildman–Crippen LogP) is 0.603. The van der Waals surface area contributed by atoms with Gasteiger partial charge in [-0.2, -0.15) is 0 Å². The quantitative estimate of drug-likeness (QED) is 0.640. The molecule has 0 spiro atoms. The molecule has 84 valence electrons. The summed E-state index contributed by atoms with van der Waals surface area (Å²) in [5.74, 6) is 0.193. The van der Waals surface area contributed by atoms with E-state index in [1.165, 1.54) is 0 Å². The van der Waals surface area contributed by atoms with E-state index in [4.69, 9.17) is 4.74 Å². The van der Waals surface area contributed by atoms with Crippen LogP contribution in [0.15, 0.2) is 0 Å². The third-order valence-electron chi connectivity index (χ3n) is 3.21. The fraction of sp³-hybridized carbons (Fsp3) is 0.818. The van der Waals surface area contributed by atoms with Crippen LogP contribution < -0.4 is 0 Å². The lowest BCUT2D eigenvalue weighted by Crippen LogP contribution is -2.37. The van der Waals surface area contributed by atoms with E-state index in [-0.39, 0.29) is 17.6 Å². The monoisotopic (exact) mass is 211 g/mol. The van der Waals surface area contributed by atoms with Gasteiger partial charge in [-0.1, -0.05) is 6.92 Å². The van der Waals surface area contributed by atoms with E-state index in [1.54, 1.807) is 4.90 Å². The van der Waals surface area contributed by atoms with E-state index in [1.807, 2.05) is 13.8 Å². The number of nitrogens with zero attached hydrogens (tertiary/aromatic N) is 1. The van der Waals surface area contributed by atoms with Gasteiger partial charge in [0.15, 0.2) is 5.78 Å². The van der Waals surface area contributed by atoms with Gasteiger partial charge in [0.05, 0.1) is 6.61 Å². The molecule has 2 aliphatic heterocycles. The molecule has 2 heterocycles. The molecule has 0 radical (unpaired) electrons. The first-order valence-electron chi connectivity index (χ1n) is 5.49. The molecule has 0 aromatic carbocycles. The summed E-state index contributed by atoms with van der Waals surface area (Å²) in [5.41, 5.74) is -0.553. The van der Waals surface area contributed by atoms with Gasteiger partial charge in [-0.3, -0.25) is 9.59 Å². The Bertz CT molecular complexity index is 296. The van der Waals surface area contributed by atoms with Crippen molar-refractivity contribution >= 4 is 11.7 Å². The number of epoxide rings is 1. The van der Waals surface area contributed by atoms with E-state index in [9.17, 15) is 9.59 Å². The van der Waals surface area contributed by atoms with Crippen LogP contribution in [0.2, 0.25) is 0 Å². The number of hydrogen-bond acceptors (Lipinski definition) is 3. The Labute approximate surface area is 89.6 Å². The Kier molecular flexibility index (Phi) is 2.54. The molecule has 2 atom stereocenters. The van der Waals surface area contributed by atoms with E-state index in [2.05, 4.69) is 0 Å². The van der Waals surface area contributed by atoms with Gasteiger partial charge >= 0.3 is 0 Å². The van der Waals surface area contributed by atoms with Crippen LogP contribution in [-0.2, 0) is 14.3 Å². The molecule has 1 amide bonds. The summed E-state index contributed by atoms with van der Waals surface area (Å²) in [6.07, 6.45) is 1.56. The van der Waals surface area contributed by atoms with E-state index >= 15 is 0 Å². The predicted molar refractivity (Wildman–Crippen MR) is 54.3 cm³/mol. The van der Waals surface area contributed by atoms with Gasteiger partial charge in [-0.15, -0.1) is 0 Å². The molecule has 0 aliphatic carbocycles. The first-order valence-corrected chi connectivity index (χ1v) is 5.49. The van der Waals surface area contributed by atoms with Gasteiger partial charge in [0.1, 0.15) is 5.60 Å². The van der Waals surface area contributed by atoms with Gasteiger partial charge in [-0.05, 0) is 13.3 Å². The summed E-state index contributed by atoms with van der Waals surface area (Å²) in [6.45, 7) is 5.58. The van der Waals surface area contributed by atoms with Gasteiger partial charge in [-0.25, -0.2) is 0 Å². The third kappa shape index (κ3) is 2.04. The number of Topliss-reactive ketones (excluding diaryl/α,β-unsaturated/α-hetero) is 1. The third-order valence-corrected chi connectivity index (χ3v) is 3.21. The zero-order valence-electron chi connectivity index (χ0n) is 9.28. The average Bonchev–Trinajstić information content (AvgIpc) is 2.83. The largest absolute Gasteiger partial charge is 0.362 e. The fourth-order valence-electron chi connectivity index (χ4n) is 2.08. The van der Waals surface area contributed by atoms with Gasteiger partial charge in [0, 0.05) is 25.4 Å². The maximum atomic E-state index is 11.9. The summed E-state index contributed by atoms with van der Waals surface area (Å²) in [6, 6.07) is 0. The zero-order valence-corrected chi connectivity index (χ0v) is 9.28. The molecule has 0 saturated carbocycles. The zero-order chi connectivity index (χ0) is 11.1. The van der Waals surface area contributed by atoms with Crippen molar-refractivity contribution in [1.29, 1.82) is 0 Å². The Morgan fingerprint density at radius 1 is 1.67 bits per heavy atom. The molecule has 2 rings (SSSR count). The standard InChI is InChI=1S/C11H17NO3/c1-8(10(14)11(2)7-15-11)6-12-5-3-4-9(12)13/h8H,3-7H2,1-2H3/t8-,11+/m0/s1. The van der Waals surface area contributed by atoms with Crippen molar-refractivity contribution in [3.63, 3.8) is 0 Å². The molecule has 0 N–H and O–H groups in total. The highest BCUT2D eigenvalue weighted by Crippen LogP contribution is 2.30. The minimum absolute atomic E-state index is 0.112. The number of ketones is 1. The average molecular weight is 211 g/mol. The van der Waals surface area contributed by atoms with Crippen LogP contribution in [0.5, 0.6) is 0 Å². The summed E-state index contributed by atoms with van der Waals surface area (Å²) in [7, 11) is 0. The van der Waals surface area contributed by atoms with E-state index in [0.29, 0.717) is 19.6 Å². The minimum atomic E-state index is -0.553. The van der Waals surface area contributed by atoms with Crippen molar-refractivity contribution in [1.82, 2.24) is 4.90 Å². The summed E-state index contributed by atoms with van der Waals surface area (Å²) < 4.78 is 5.12. The molecule has 2 fully saturated rings. The molecular weight excluding hydrogens is 194 g/mol. The van der Waals surface area contributed by atoms with Crippen molar-refractivity contribution < 1.29 is 14.3 Å². The molecule has 0 aromatic heterocycles. The van der Waals surface area contributed by atoms with Crippen LogP contribution in [0.25, 0.3) is 0 Å². The number of carbonyl (C=O) groups excluding carboxylic acids is 2. The van der Waals surface area contributed by atoms with Crippen molar-refractivity contribution in [2.45, 2.75) is 32.3 Å². The lowest BCUT2D eigenvalue weighted by Gasteiger charge is -2.20. The molecule has 2 saturated heterocycles. The van der Waals surface area contributed by atoms with Crippen molar-refractivity contribution in [3.05, 3.63) is 0 Å². The number of carbonyl (C=O) groups is 2. The fourth-order valence-corrected chi connectivity index (χ4v) is 2.08. The second-order valence-corrected chi connectivity index (χ2v) is 4.73.